The number of halogens is 2. The van der Waals surface area contributed by atoms with Gasteiger partial charge in [-0.2, -0.15) is 0 Å². The van der Waals surface area contributed by atoms with Crippen molar-refractivity contribution in [3.8, 4) is 0 Å². The molecule has 0 aliphatic heterocycles. The third kappa shape index (κ3) is 3.87. The van der Waals surface area contributed by atoms with Gasteiger partial charge in [0.05, 0.1) is 0 Å². The lowest BCUT2D eigenvalue weighted by molar-refractivity contribution is 0.468. The van der Waals surface area contributed by atoms with Crippen LogP contribution in [0.5, 0.6) is 0 Å². The third-order valence-corrected chi connectivity index (χ3v) is 3.39. The van der Waals surface area contributed by atoms with E-state index in [1.54, 1.807) is 24.3 Å². The van der Waals surface area contributed by atoms with Gasteiger partial charge in [-0.05, 0) is 49.6 Å². The largest absolute Gasteiger partial charge is 0.307 e. The zero-order valence-corrected chi connectivity index (χ0v) is 11.7. The Kier molecular flexibility index (Phi) is 4.85. The molecule has 2 rings (SSSR count). The van der Waals surface area contributed by atoms with Crippen LogP contribution in [0.1, 0.15) is 31.0 Å². The summed E-state index contributed by atoms with van der Waals surface area (Å²) in [5.41, 5.74) is 1.73. The van der Waals surface area contributed by atoms with Gasteiger partial charge in [-0.3, -0.25) is 0 Å². The van der Waals surface area contributed by atoms with E-state index in [-0.39, 0.29) is 23.7 Å². The van der Waals surface area contributed by atoms with Crippen molar-refractivity contribution in [2.75, 3.05) is 0 Å². The number of nitrogens with one attached hydrogen (secondary N) is 1. The summed E-state index contributed by atoms with van der Waals surface area (Å²) in [6.45, 7) is 4.04. The Morgan fingerprint density at radius 1 is 0.950 bits per heavy atom. The minimum Gasteiger partial charge on any atom is -0.307 e. The average Bonchev–Trinajstić information content (AvgIpc) is 2.42. The summed E-state index contributed by atoms with van der Waals surface area (Å²) < 4.78 is 26.5. The van der Waals surface area contributed by atoms with Gasteiger partial charge in [0.25, 0.3) is 0 Å². The van der Waals surface area contributed by atoms with Crippen molar-refractivity contribution in [3.05, 3.63) is 71.3 Å². The Hall–Kier alpha value is -1.74. The fourth-order valence-corrected chi connectivity index (χ4v) is 2.33. The third-order valence-electron chi connectivity index (χ3n) is 3.39. The fraction of sp³-hybridized carbons (Fsp3) is 0.294. The van der Waals surface area contributed by atoms with Gasteiger partial charge >= 0.3 is 0 Å². The van der Waals surface area contributed by atoms with Gasteiger partial charge < -0.3 is 5.32 Å². The molecular weight excluding hydrogens is 256 g/mol. The van der Waals surface area contributed by atoms with E-state index in [2.05, 4.69) is 5.32 Å². The molecule has 0 fully saturated rings. The molecule has 20 heavy (non-hydrogen) atoms. The molecule has 2 atom stereocenters. The highest BCUT2D eigenvalue weighted by molar-refractivity contribution is 5.21. The maximum atomic E-state index is 13.6. The normalized spacial score (nSPS) is 14.0. The maximum absolute atomic E-state index is 13.6. The number of hydrogen-bond acceptors (Lipinski definition) is 1. The molecule has 0 spiro atoms. The zero-order valence-electron chi connectivity index (χ0n) is 11.7. The molecule has 1 N–H and O–H groups in total. The first-order chi connectivity index (χ1) is 9.56. The highest BCUT2D eigenvalue weighted by atomic mass is 19.1. The summed E-state index contributed by atoms with van der Waals surface area (Å²) in [5.74, 6) is -0.407. The van der Waals surface area contributed by atoms with Gasteiger partial charge in [-0.15, -0.1) is 0 Å². The van der Waals surface area contributed by atoms with Gasteiger partial charge in [0.1, 0.15) is 11.6 Å². The Morgan fingerprint density at radius 3 is 2.25 bits per heavy atom. The standard InChI is InChI=1S/C17H19F2N/c1-12(11-15-5-3-4-6-17(15)19)20-13(2)14-7-9-16(18)10-8-14/h3-10,12-13,20H,11H2,1-2H3. The van der Waals surface area contributed by atoms with E-state index < -0.39 is 0 Å². The van der Waals surface area contributed by atoms with Gasteiger partial charge in [-0.25, -0.2) is 8.78 Å². The molecule has 3 heteroatoms. The molecule has 0 aliphatic rings. The van der Waals surface area contributed by atoms with E-state index in [1.807, 2.05) is 19.9 Å². The van der Waals surface area contributed by atoms with Crippen LogP contribution in [0.4, 0.5) is 8.78 Å². The first kappa shape index (κ1) is 14.7. The molecule has 106 valence electrons. The number of hydrogen-bond donors (Lipinski definition) is 1. The van der Waals surface area contributed by atoms with E-state index in [0.29, 0.717) is 12.0 Å². The van der Waals surface area contributed by atoms with Crippen LogP contribution in [-0.4, -0.2) is 6.04 Å². The van der Waals surface area contributed by atoms with Crippen LogP contribution in [0.15, 0.2) is 48.5 Å². The van der Waals surface area contributed by atoms with Crippen LogP contribution in [0.3, 0.4) is 0 Å². The molecule has 2 aromatic rings. The molecule has 0 heterocycles. The molecule has 0 aliphatic carbocycles. The Bertz CT molecular complexity index is 551. The molecule has 2 aromatic carbocycles. The Morgan fingerprint density at radius 2 is 1.60 bits per heavy atom. The molecule has 0 radical (unpaired) electrons. The lowest BCUT2D eigenvalue weighted by Gasteiger charge is -2.20. The predicted octanol–water partition coefficient (Wildman–Crippen LogP) is 4.25. The Labute approximate surface area is 118 Å². The topological polar surface area (TPSA) is 12.0 Å². The average molecular weight is 275 g/mol. The molecule has 0 saturated carbocycles. The Balaban J connectivity index is 1.96. The van der Waals surface area contributed by atoms with Crippen molar-refractivity contribution >= 4 is 0 Å². The first-order valence-corrected chi connectivity index (χ1v) is 6.81. The second kappa shape index (κ2) is 6.62. The van der Waals surface area contributed by atoms with E-state index in [4.69, 9.17) is 0 Å². The van der Waals surface area contributed by atoms with Crippen molar-refractivity contribution in [1.82, 2.24) is 5.32 Å². The SMILES string of the molecule is CC(Cc1ccccc1F)NC(C)c1ccc(F)cc1. The van der Waals surface area contributed by atoms with Crippen molar-refractivity contribution < 1.29 is 8.78 Å². The summed E-state index contributed by atoms with van der Waals surface area (Å²) in [6.07, 6.45) is 0.623. The van der Waals surface area contributed by atoms with Crippen molar-refractivity contribution in [2.45, 2.75) is 32.4 Å². The van der Waals surface area contributed by atoms with Crippen LogP contribution in [-0.2, 0) is 6.42 Å². The van der Waals surface area contributed by atoms with Crippen LogP contribution >= 0.6 is 0 Å². The van der Waals surface area contributed by atoms with Gasteiger partial charge in [-0.1, -0.05) is 30.3 Å². The summed E-state index contributed by atoms with van der Waals surface area (Å²) in [6, 6.07) is 13.5. The number of rotatable bonds is 5. The predicted molar refractivity (Wildman–Crippen MR) is 77.5 cm³/mol. The maximum Gasteiger partial charge on any atom is 0.126 e. The van der Waals surface area contributed by atoms with Gasteiger partial charge in [0.15, 0.2) is 0 Å². The van der Waals surface area contributed by atoms with Gasteiger partial charge in [0, 0.05) is 12.1 Å². The minimum atomic E-state index is -0.236. The fourth-order valence-electron chi connectivity index (χ4n) is 2.33. The molecule has 1 nitrogen and oxygen atoms in total. The van der Waals surface area contributed by atoms with Crippen LogP contribution in [0.25, 0.3) is 0 Å². The highest BCUT2D eigenvalue weighted by Crippen LogP contribution is 2.15. The minimum absolute atomic E-state index is 0.0948. The molecule has 0 aromatic heterocycles. The van der Waals surface area contributed by atoms with Crippen molar-refractivity contribution in [1.29, 1.82) is 0 Å². The first-order valence-electron chi connectivity index (χ1n) is 6.81. The van der Waals surface area contributed by atoms with E-state index in [9.17, 15) is 8.78 Å². The summed E-state index contributed by atoms with van der Waals surface area (Å²) >= 11 is 0. The molecule has 2 unspecified atom stereocenters. The summed E-state index contributed by atoms with van der Waals surface area (Å²) in [5, 5.41) is 3.40. The number of benzene rings is 2. The van der Waals surface area contributed by atoms with E-state index in [0.717, 1.165) is 5.56 Å². The highest BCUT2D eigenvalue weighted by Gasteiger charge is 2.11. The van der Waals surface area contributed by atoms with Crippen LogP contribution < -0.4 is 5.32 Å². The van der Waals surface area contributed by atoms with E-state index in [1.165, 1.54) is 18.2 Å². The quantitative estimate of drug-likeness (QED) is 0.860. The van der Waals surface area contributed by atoms with Crippen molar-refractivity contribution in [2.24, 2.45) is 0 Å². The lowest BCUT2D eigenvalue weighted by atomic mass is 10.0. The molecule has 0 bridgehead atoms. The van der Waals surface area contributed by atoms with E-state index >= 15 is 0 Å². The summed E-state index contributed by atoms with van der Waals surface area (Å²) in [4.78, 5) is 0. The smallest absolute Gasteiger partial charge is 0.126 e. The molecule has 0 amide bonds. The van der Waals surface area contributed by atoms with Crippen LogP contribution in [0, 0.1) is 11.6 Å². The van der Waals surface area contributed by atoms with Gasteiger partial charge in [0.2, 0.25) is 0 Å². The monoisotopic (exact) mass is 275 g/mol. The molecular formula is C17H19F2N. The zero-order chi connectivity index (χ0) is 14.5. The van der Waals surface area contributed by atoms with Crippen molar-refractivity contribution in [3.63, 3.8) is 0 Å². The van der Waals surface area contributed by atoms with Crippen LogP contribution in [0.2, 0.25) is 0 Å². The lowest BCUT2D eigenvalue weighted by Crippen LogP contribution is -2.31. The summed E-state index contributed by atoms with van der Waals surface area (Å²) in [7, 11) is 0. The molecule has 0 saturated heterocycles. The second-order valence-corrected chi connectivity index (χ2v) is 5.14. The second-order valence-electron chi connectivity index (χ2n) is 5.14.